The van der Waals surface area contributed by atoms with Gasteiger partial charge in [0.1, 0.15) is 10.9 Å². The summed E-state index contributed by atoms with van der Waals surface area (Å²) >= 11 is 0. The Morgan fingerprint density at radius 1 is 1.26 bits per heavy atom. The van der Waals surface area contributed by atoms with Crippen molar-refractivity contribution >= 4 is 27.7 Å². The maximum absolute atomic E-state index is 12.1. The fourth-order valence-corrected chi connectivity index (χ4v) is 3.39. The summed E-state index contributed by atoms with van der Waals surface area (Å²) in [5.74, 6) is -1.40. The van der Waals surface area contributed by atoms with Crippen LogP contribution in [0.1, 0.15) is 12.5 Å². The topological polar surface area (TPSA) is 107 Å². The first-order valence-electron chi connectivity index (χ1n) is 6.79. The van der Waals surface area contributed by atoms with Gasteiger partial charge in [-0.15, -0.1) is 4.40 Å². The molecule has 23 heavy (non-hydrogen) atoms. The number of fused-ring (bicyclic) bond motifs is 1. The molecule has 1 aliphatic heterocycles. The van der Waals surface area contributed by atoms with E-state index in [9.17, 15) is 18.0 Å². The van der Waals surface area contributed by atoms with E-state index in [1.807, 2.05) is 0 Å². The third-order valence-corrected chi connectivity index (χ3v) is 5.00. The third kappa shape index (κ3) is 3.19. The molecule has 0 bridgehead atoms. The number of sulfonamides is 1. The van der Waals surface area contributed by atoms with Crippen LogP contribution in [0.25, 0.3) is 0 Å². The molecule has 124 valence electrons. The zero-order valence-electron chi connectivity index (χ0n) is 12.9. The number of carboxylic acid groups (broad SMARTS) is 1. The highest BCUT2D eigenvalue weighted by Crippen LogP contribution is 2.26. The van der Waals surface area contributed by atoms with Gasteiger partial charge in [0.2, 0.25) is 5.91 Å². The van der Waals surface area contributed by atoms with Crippen molar-refractivity contribution in [2.75, 3.05) is 20.6 Å². The molecule has 0 saturated carbocycles. The summed E-state index contributed by atoms with van der Waals surface area (Å²) in [6.45, 7) is 1.21. The summed E-state index contributed by atoms with van der Waals surface area (Å²) in [5, 5.41) is 8.94. The highest BCUT2D eigenvalue weighted by molar-refractivity contribution is 7.90. The van der Waals surface area contributed by atoms with Gasteiger partial charge in [-0.25, -0.2) is 4.79 Å². The van der Waals surface area contributed by atoms with Crippen molar-refractivity contribution in [3.05, 3.63) is 29.8 Å². The predicted octanol–water partition coefficient (Wildman–Crippen LogP) is -0.00120. The van der Waals surface area contributed by atoms with Crippen LogP contribution >= 0.6 is 0 Å². The number of carbonyl (C=O) groups is 2. The van der Waals surface area contributed by atoms with Gasteiger partial charge < -0.3 is 14.9 Å². The van der Waals surface area contributed by atoms with Crippen molar-refractivity contribution < 1.29 is 23.1 Å². The Bertz CT molecular complexity index is 787. The number of rotatable bonds is 4. The molecule has 8 nitrogen and oxygen atoms in total. The molecule has 0 fully saturated rings. The molecule has 1 heterocycles. The minimum absolute atomic E-state index is 0.0987. The van der Waals surface area contributed by atoms with Crippen molar-refractivity contribution in [3.63, 3.8) is 0 Å². The SMILES string of the molecule is CC(C(=O)O)N(C)C(=O)CN(C)C1=NS(=O)(=O)c2ccccc21. The summed E-state index contributed by atoms with van der Waals surface area (Å²) in [6, 6.07) is 5.38. The van der Waals surface area contributed by atoms with E-state index < -0.39 is 27.9 Å². The van der Waals surface area contributed by atoms with Crippen molar-refractivity contribution in [3.8, 4) is 0 Å². The van der Waals surface area contributed by atoms with Crippen LogP contribution in [0, 0.1) is 0 Å². The first-order valence-corrected chi connectivity index (χ1v) is 8.23. The van der Waals surface area contributed by atoms with Crippen molar-refractivity contribution in [1.82, 2.24) is 9.80 Å². The van der Waals surface area contributed by atoms with E-state index in [1.165, 1.54) is 32.0 Å². The van der Waals surface area contributed by atoms with E-state index in [-0.39, 0.29) is 17.3 Å². The van der Waals surface area contributed by atoms with Crippen LogP contribution in [-0.4, -0.2) is 67.7 Å². The Morgan fingerprint density at radius 3 is 2.48 bits per heavy atom. The number of carbonyl (C=O) groups excluding carboxylic acids is 1. The molecule has 0 saturated heterocycles. The van der Waals surface area contributed by atoms with E-state index in [1.54, 1.807) is 18.2 Å². The second-order valence-corrected chi connectivity index (χ2v) is 6.83. The van der Waals surface area contributed by atoms with E-state index >= 15 is 0 Å². The molecule has 0 aromatic heterocycles. The van der Waals surface area contributed by atoms with Crippen LogP contribution in [0.2, 0.25) is 0 Å². The quantitative estimate of drug-likeness (QED) is 0.827. The first-order chi connectivity index (χ1) is 10.6. The number of hydrogen-bond donors (Lipinski definition) is 1. The molecule has 1 amide bonds. The van der Waals surface area contributed by atoms with E-state index in [0.717, 1.165) is 4.90 Å². The number of benzene rings is 1. The molecule has 1 aromatic carbocycles. The summed E-state index contributed by atoms with van der Waals surface area (Å²) in [5.41, 5.74) is 0.428. The van der Waals surface area contributed by atoms with Gasteiger partial charge in [-0.1, -0.05) is 12.1 Å². The Labute approximate surface area is 134 Å². The summed E-state index contributed by atoms with van der Waals surface area (Å²) in [4.78, 5) is 25.7. The van der Waals surface area contributed by atoms with Crippen molar-refractivity contribution in [2.24, 2.45) is 4.40 Å². The molecule has 1 unspecified atom stereocenters. The first kappa shape index (κ1) is 16.9. The fourth-order valence-electron chi connectivity index (χ4n) is 2.13. The molecule has 0 radical (unpaired) electrons. The number of hydrogen-bond acceptors (Lipinski definition) is 5. The molecule has 1 atom stereocenters. The number of nitrogens with zero attached hydrogens (tertiary/aromatic N) is 3. The molecule has 9 heteroatoms. The lowest BCUT2D eigenvalue weighted by Crippen LogP contribution is -2.45. The van der Waals surface area contributed by atoms with Gasteiger partial charge in [-0.2, -0.15) is 8.42 Å². The van der Waals surface area contributed by atoms with Crippen LogP contribution in [0.15, 0.2) is 33.6 Å². The standard InChI is InChI=1S/C14H17N3O5S/c1-9(14(19)20)17(3)12(18)8-16(2)13-10-6-4-5-7-11(10)23(21,22)15-13/h4-7,9H,8H2,1-3H3,(H,19,20). The Balaban J connectivity index is 2.21. The van der Waals surface area contributed by atoms with Crippen molar-refractivity contribution in [2.45, 2.75) is 17.9 Å². The summed E-state index contributed by atoms with van der Waals surface area (Å²) in [6.07, 6.45) is 0. The molecular weight excluding hydrogens is 322 g/mol. The minimum atomic E-state index is -3.76. The summed E-state index contributed by atoms with van der Waals surface area (Å²) in [7, 11) is -0.838. The molecule has 0 aliphatic carbocycles. The third-order valence-electron chi connectivity index (χ3n) is 3.68. The van der Waals surface area contributed by atoms with E-state index in [2.05, 4.69) is 4.40 Å². The average Bonchev–Trinajstić information content (AvgIpc) is 2.78. The van der Waals surface area contributed by atoms with Gasteiger partial charge in [0.05, 0.1) is 6.54 Å². The molecule has 1 aliphatic rings. The van der Waals surface area contributed by atoms with E-state index in [4.69, 9.17) is 5.11 Å². The second kappa shape index (κ2) is 5.99. The number of amidine groups is 1. The van der Waals surface area contributed by atoms with Gasteiger partial charge in [0.15, 0.2) is 5.84 Å². The zero-order valence-corrected chi connectivity index (χ0v) is 13.7. The highest BCUT2D eigenvalue weighted by Gasteiger charge is 2.32. The molecule has 1 aromatic rings. The van der Waals surface area contributed by atoms with Crippen LogP contribution in [-0.2, 0) is 19.6 Å². The molecule has 2 rings (SSSR count). The van der Waals surface area contributed by atoms with Gasteiger partial charge in [-0.05, 0) is 19.1 Å². The monoisotopic (exact) mass is 339 g/mol. The number of likely N-dealkylation sites (N-methyl/N-ethyl adjacent to an activating group) is 2. The number of amides is 1. The number of aliphatic carboxylic acids is 1. The van der Waals surface area contributed by atoms with E-state index in [0.29, 0.717) is 5.56 Å². The van der Waals surface area contributed by atoms with Crippen LogP contribution < -0.4 is 0 Å². The van der Waals surface area contributed by atoms with Crippen LogP contribution in [0.3, 0.4) is 0 Å². The van der Waals surface area contributed by atoms with Gasteiger partial charge in [0, 0.05) is 19.7 Å². The van der Waals surface area contributed by atoms with Gasteiger partial charge >= 0.3 is 5.97 Å². The largest absolute Gasteiger partial charge is 0.480 e. The molecule has 0 spiro atoms. The maximum Gasteiger partial charge on any atom is 0.326 e. The second-order valence-electron chi connectivity index (χ2n) is 5.26. The van der Waals surface area contributed by atoms with Gasteiger partial charge in [-0.3, -0.25) is 4.79 Å². The fraction of sp³-hybridized carbons (Fsp3) is 0.357. The lowest BCUT2D eigenvalue weighted by Gasteiger charge is -2.25. The smallest absolute Gasteiger partial charge is 0.326 e. The normalized spacial score (nSPS) is 16.2. The Hall–Kier alpha value is -2.42. The predicted molar refractivity (Wildman–Crippen MR) is 82.7 cm³/mol. The lowest BCUT2D eigenvalue weighted by atomic mass is 10.2. The Morgan fingerprint density at radius 2 is 1.87 bits per heavy atom. The summed E-state index contributed by atoms with van der Waals surface area (Å²) < 4.78 is 27.7. The minimum Gasteiger partial charge on any atom is -0.480 e. The average molecular weight is 339 g/mol. The van der Waals surface area contributed by atoms with Gasteiger partial charge in [0.25, 0.3) is 10.0 Å². The Kier molecular flexibility index (Phi) is 4.42. The molecular formula is C14H17N3O5S. The zero-order chi connectivity index (χ0) is 17.4. The van der Waals surface area contributed by atoms with Crippen LogP contribution in [0.5, 0.6) is 0 Å². The maximum atomic E-state index is 12.1. The van der Waals surface area contributed by atoms with Crippen molar-refractivity contribution in [1.29, 1.82) is 0 Å². The van der Waals surface area contributed by atoms with Crippen LogP contribution in [0.4, 0.5) is 0 Å². The highest BCUT2D eigenvalue weighted by atomic mass is 32.2. The lowest BCUT2D eigenvalue weighted by molar-refractivity contribution is -0.148. The number of carboxylic acids is 1. The molecule has 1 N–H and O–H groups in total.